The lowest BCUT2D eigenvalue weighted by Gasteiger charge is -2.41. The van der Waals surface area contributed by atoms with Gasteiger partial charge in [-0.25, -0.2) is 14.2 Å². The first kappa shape index (κ1) is 18.1. The molecule has 0 aliphatic carbocycles. The van der Waals surface area contributed by atoms with Gasteiger partial charge in [0.15, 0.2) is 12.1 Å². The number of amides is 1. The zero-order valence-electron chi connectivity index (χ0n) is 12.8. The molecule has 0 radical (unpaired) electrons. The van der Waals surface area contributed by atoms with Crippen molar-refractivity contribution in [3.05, 3.63) is 28.3 Å². The van der Waals surface area contributed by atoms with E-state index >= 15 is 0 Å². The number of aromatic nitrogens is 1. The largest absolute Gasteiger partial charge is 0.481 e. The molecule has 0 bridgehead atoms. The zero-order valence-corrected chi connectivity index (χ0v) is 13.6. The highest BCUT2D eigenvalue weighted by molar-refractivity contribution is 6.29. The predicted octanol–water partition coefficient (Wildman–Crippen LogP) is 2.46. The van der Waals surface area contributed by atoms with E-state index < -0.39 is 29.3 Å². The van der Waals surface area contributed by atoms with E-state index in [4.69, 9.17) is 16.7 Å². The van der Waals surface area contributed by atoms with E-state index in [0.29, 0.717) is 0 Å². The molecule has 2 rings (SSSR count). The van der Waals surface area contributed by atoms with Crippen LogP contribution in [0.3, 0.4) is 0 Å². The van der Waals surface area contributed by atoms with E-state index in [1.54, 1.807) is 6.92 Å². The third-order valence-corrected chi connectivity index (χ3v) is 4.60. The summed E-state index contributed by atoms with van der Waals surface area (Å²) in [5.74, 6) is -2.06. The average molecular weight is 359 g/mol. The molecular weight excluding hydrogens is 343 g/mol. The van der Waals surface area contributed by atoms with Crippen LogP contribution in [0.15, 0.2) is 6.07 Å². The number of hydrogen-bond acceptors (Lipinski definition) is 4. The lowest BCUT2D eigenvalue weighted by Crippen LogP contribution is -2.51. The molecule has 7 nitrogen and oxygen atoms in total. The molecule has 0 saturated carbocycles. The Labute approximate surface area is 142 Å². The maximum atomic E-state index is 14.3. The highest BCUT2D eigenvalue weighted by Crippen LogP contribution is 2.39. The van der Waals surface area contributed by atoms with Crippen molar-refractivity contribution in [1.82, 2.24) is 9.88 Å². The Morgan fingerprint density at radius 1 is 1.54 bits per heavy atom. The Bertz CT molecular complexity index is 699. The van der Waals surface area contributed by atoms with E-state index in [-0.39, 0.29) is 48.5 Å². The number of aldehydes is 1. The number of rotatable bonds is 4. The third kappa shape index (κ3) is 3.33. The molecule has 24 heavy (non-hydrogen) atoms. The van der Waals surface area contributed by atoms with Crippen molar-refractivity contribution in [2.24, 2.45) is 5.41 Å². The van der Waals surface area contributed by atoms with Gasteiger partial charge in [-0.2, -0.15) is 0 Å². The molecule has 1 fully saturated rings. The second kappa shape index (κ2) is 6.72. The first-order chi connectivity index (χ1) is 11.2. The Morgan fingerprint density at radius 3 is 2.71 bits per heavy atom. The summed E-state index contributed by atoms with van der Waals surface area (Å²) in [4.78, 5) is 38.8. The van der Waals surface area contributed by atoms with Crippen molar-refractivity contribution >= 4 is 29.9 Å². The molecule has 2 atom stereocenters. The van der Waals surface area contributed by atoms with Crippen LogP contribution in [0.2, 0.25) is 5.15 Å². The first-order valence-corrected chi connectivity index (χ1v) is 7.61. The van der Waals surface area contributed by atoms with Gasteiger partial charge in [0.1, 0.15) is 5.15 Å². The van der Waals surface area contributed by atoms with Gasteiger partial charge >= 0.3 is 12.1 Å². The predicted molar refractivity (Wildman–Crippen MR) is 81.8 cm³/mol. The molecule has 130 valence electrons. The quantitative estimate of drug-likeness (QED) is 0.632. The first-order valence-electron chi connectivity index (χ1n) is 7.23. The van der Waals surface area contributed by atoms with Crippen LogP contribution in [0.1, 0.15) is 35.8 Å². The van der Waals surface area contributed by atoms with Crippen LogP contribution in [0.5, 0.6) is 0 Å². The topological polar surface area (TPSA) is 108 Å². The van der Waals surface area contributed by atoms with Crippen LogP contribution in [0.4, 0.5) is 9.18 Å². The van der Waals surface area contributed by atoms with Crippen LogP contribution in [-0.2, 0) is 11.2 Å². The fraction of sp³-hybridized carbons (Fsp3) is 0.467. The average Bonchev–Trinajstić information content (AvgIpc) is 2.50. The fourth-order valence-electron chi connectivity index (χ4n) is 3.14. The maximum Gasteiger partial charge on any atom is 0.407 e. The summed E-state index contributed by atoms with van der Waals surface area (Å²) in [5, 5.41) is 18.7. The summed E-state index contributed by atoms with van der Waals surface area (Å²) in [6.45, 7) is 1.62. The summed E-state index contributed by atoms with van der Waals surface area (Å²) in [6.07, 6.45) is -1.08. The fourth-order valence-corrected chi connectivity index (χ4v) is 3.36. The Morgan fingerprint density at radius 2 is 2.21 bits per heavy atom. The summed E-state index contributed by atoms with van der Waals surface area (Å²) in [7, 11) is 0. The van der Waals surface area contributed by atoms with Gasteiger partial charge in [-0.05, 0) is 25.8 Å². The molecule has 1 aromatic heterocycles. The molecule has 0 unspecified atom stereocenters. The molecule has 1 aliphatic rings. The standard InChI is InChI=1S/C15H16ClFN2O5/c1-8-5-15(13(21)22,2-3-19(8)14(23)24)6-10-12(17)9(7-20)4-11(16)18-10/h4,7-8H,2-3,5-6H2,1H3,(H,21,22)(H,23,24)/t8-,15-/m1/s1. The molecule has 1 aromatic rings. The number of nitrogens with zero attached hydrogens (tertiary/aromatic N) is 2. The van der Waals surface area contributed by atoms with Gasteiger partial charge in [-0.3, -0.25) is 9.59 Å². The van der Waals surface area contributed by atoms with Crippen LogP contribution < -0.4 is 0 Å². The van der Waals surface area contributed by atoms with Crippen molar-refractivity contribution in [3.63, 3.8) is 0 Å². The summed E-state index contributed by atoms with van der Waals surface area (Å²) >= 11 is 5.77. The molecule has 0 spiro atoms. The van der Waals surface area contributed by atoms with Gasteiger partial charge in [0.25, 0.3) is 0 Å². The maximum absolute atomic E-state index is 14.3. The van der Waals surface area contributed by atoms with Crippen LogP contribution in [0.25, 0.3) is 0 Å². The number of carbonyl (C=O) groups is 3. The van der Waals surface area contributed by atoms with Crippen molar-refractivity contribution in [3.8, 4) is 0 Å². The SMILES string of the molecule is C[C@@H]1C[C@](Cc2nc(Cl)cc(C=O)c2F)(C(=O)O)CCN1C(=O)O. The van der Waals surface area contributed by atoms with E-state index in [2.05, 4.69) is 4.98 Å². The Hall–Kier alpha value is -2.22. The smallest absolute Gasteiger partial charge is 0.407 e. The molecule has 2 N–H and O–H groups in total. The van der Waals surface area contributed by atoms with E-state index in [1.807, 2.05) is 0 Å². The van der Waals surface area contributed by atoms with Gasteiger partial charge in [0.05, 0.1) is 16.7 Å². The van der Waals surface area contributed by atoms with Crippen molar-refractivity contribution in [2.45, 2.75) is 32.2 Å². The molecule has 9 heteroatoms. The molecule has 1 amide bonds. The van der Waals surface area contributed by atoms with Gasteiger partial charge in [-0.1, -0.05) is 11.6 Å². The number of hydrogen-bond donors (Lipinski definition) is 2. The summed E-state index contributed by atoms with van der Waals surface area (Å²) in [5.41, 5.74) is -1.87. The number of carbonyl (C=O) groups excluding carboxylic acids is 1. The van der Waals surface area contributed by atoms with Gasteiger partial charge in [0.2, 0.25) is 0 Å². The molecule has 2 heterocycles. The highest BCUT2D eigenvalue weighted by Gasteiger charge is 2.46. The molecular formula is C15H16ClFN2O5. The minimum absolute atomic E-state index is 0.0126. The minimum Gasteiger partial charge on any atom is -0.481 e. The van der Waals surface area contributed by atoms with E-state index in [9.17, 15) is 23.9 Å². The third-order valence-electron chi connectivity index (χ3n) is 4.40. The molecule has 1 aliphatic heterocycles. The summed E-state index contributed by atoms with van der Waals surface area (Å²) in [6, 6.07) is 0.524. The number of carboxylic acid groups (broad SMARTS) is 2. The van der Waals surface area contributed by atoms with Crippen LogP contribution in [0, 0.1) is 11.2 Å². The second-order valence-electron chi connectivity index (χ2n) is 5.95. The zero-order chi connectivity index (χ0) is 18.1. The minimum atomic E-state index is -1.37. The van der Waals surface area contributed by atoms with Crippen LogP contribution in [-0.4, -0.2) is 51.0 Å². The number of carboxylic acids is 1. The molecule has 1 saturated heterocycles. The number of aliphatic carboxylic acids is 1. The molecule has 0 aromatic carbocycles. The number of piperidine rings is 1. The van der Waals surface area contributed by atoms with E-state index in [1.165, 1.54) is 0 Å². The lowest BCUT2D eigenvalue weighted by atomic mass is 9.72. The lowest BCUT2D eigenvalue weighted by molar-refractivity contribution is -0.153. The van der Waals surface area contributed by atoms with Gasteiger partial charge < -0.3 is 15.1 Å². The van der Waals surface area contributed by atoms with Crippen molar-refractivity contribution < 1.29 is 29.0 Å². The summed E-state index contributed by atoms with van der Waals surface area (Å²) < 4.78 is 14.3. The number of likely N-dealkylation sites (tertiary alicyclic amines) is 1. The van der Waals surface area contributed by atoms with Gasteiger partial charge in [-0.15, -0.1) is 0 Å². The van der Waals surface area contributed by atoms with Crippen molar-refractivity contribution in [1.29, 1.82) is 0 Å². The number of pyridine rings is 1. The highest BCUT2D eigenvalue weighted by atomic mass is 35.5. The Balaban J connectivity index is 2.37. The van der Waals surface area contributed by atoms with E-state index in [0.717, 1.165) is 11.0 Å². The monoisotopic (exact) mass is 358 g/mol. The number of halogens is 2. The normalized spacial score (nSPS) is 23.8. The Kier molecular flexibility index (Phi) is 5.08. The van der Waals surface area contributed by atoms with Crippen LogP contribution >= 0.6 is 11.6 Å². The second-order valence-corrected chi connectivity index (χ2v) is 6.34. The van der Waals surface area contributed by atoms with Crippen molar-refractivity contribution in [2.75, 3.05) is 6.54 Å². The van der Waals surface area contributed by atoms with Gasteiger partial charge in [0, 0.05) is 19.0 Å².